The van der Waals surface area contributed by atoms with Crippen LogP contribution in [0, 0.1) is 16.7 Å². The number of aliphatic carboxylic acids is 1. The molecule has 0 saturated heterocycles. The SMILES string of the molecule is CC(C)(C)C1=CC(=C(C#N)C(=O)O)C=C(C=Cc2ccc(N(c3ccccc3)c3ccc(N(c4ccccc4)c4ccccc4)cc3)cc2)O1. The first-order valence-electron chi connectivity index (χ1n) is 16.3. The fourth-order valence-corrected chi connectivity index (χ4v) is 5.64. The average molecular weight is 656 g/mol. The number of ether oxygens (including phenoxy) is 1. The summed E-state index contributed by atoms with van der Waals surface area (Å²) in [6.07, 6.45) is 6.92. The van der Waals surface area contributed by atoms with Crippen LogP contribution in [0.3, 0.4) is 0 Å². The molecule has 6 rings (SSSR count). The Kier molecular flexibility index (Phi) is 9.78. The van der Waals surface area contributed by atoms with Crippen molar-refractivity contribution in [1.29, 1.82) is 5.26 Å². The highest BCUT2D eigenvalue weighted by atomic mass is 16.5. The zero-order chi connectivity index (χ0) is 35.1. The number of carbonyl (C=O) groups is 1. The molecule has 6 nitrogen and oxygen atoms in total. The van der Waals surface area contributed by atoms with Crippen LogP contribution in [0.15, 0.2) is 180 Å². The second kappa shape index (κ2) is 14.7. The lowest BCUT2D eigenvalue weighted by atomic mass is 9.90. The first-order chi connectivity index (χ1) is 24.2. The molecule has 0 fully saturated rings. The van der Waals surface area contributed by atoms with Crippen molar-refractivity contribution in [3.63, 3.8) is 0 Å². The van der Waals surface area contributed by atoms with Crippen molar-refractivity contribution in [2.24, 2.45) is 5.41 Å². The normalized spacial score (nSPS) is 13.8. The Morgan fingerprint density at radius 2 is 1.02 bits per heavy atom. The molecule has 0 unspecified atom stereocenters. The van der Waals surface area contributed by atoms with Gasteiger partial charge in [0.15, 0.2) is 0 Å². The van der Waals surface area contributed by atoms with Crippen LogP contribution in [0.25, 0.3) is 6.08 Å². The van der Waals surface area contributed by atoms with Crippen molar-refractivity contribution >= 4 is 46.2 Å². The molecule has 0 aromatic heterocycles. The van der Waals surface area contributed by atoms with E-state index in [0.29, 0.717) is 17.1 Å². The number of para-hydroxylation sites is 3. The van der Waals surface area contributed by atoms with Crippen molar-refractivity contribution in [1.82, 2.24) is 0 Å². The highest BCUT2D eigenvalue weighted by Crippen LogP contribution is 2.39. The van der Waals surface area contributed by atoms with Crippen LogP contribution < -0.4 is 9.80 Å². The van der Waals surface area contributed by atoms with Crippen molar-refractivity contribution in [2.45, 2.75) is 20.8 Å². The number of hydrogen-bond donors (Lipinski definition) is 1. The van der Waals surface area contributed by atoms with E-state index in [1.54, 1.807) is 18.2 Å². The molecular weight excluding hydrogens is 619 g/mol. The van der Waals surface area contributed by atoms with Gasteiger partial charge in [0.05, 0.1) is 0 Å². The Morgan fingerprint density at radius 3 is 1.40 bits per heavy atom. The molecule has 1 aliphatic heterocycles. The maximum absolute atomic E-state index is 11.7. The van der Waals surface area contributed by atoms with E-state index in [4.69, 9.17) is 4.74 Å². The van der Waals surface area contributed by atoms with Crippen LogP contribution in [0.1, 0.15) is 26.3 Å². The topological polar surface area (TPSA) is 76.8 Å². The Hall–Kier alpha value is -6.58. The third-order valence-corrected chi connectivity index (χ3v) is 8.17. The van der Waals surface area contributed by atoms with Crippen molar-refractivity contribution in [3.05, 3.63) is 186 Å². The fourth-order valence-electron chi connectivity index (χ4n) is 5.64. The summed E-state index contributed by atoms with van der Waals surface area (Å²) in [5.41, 5.74) is 6.76. The molecule has 0 saturated carbocycles. The number of hydrogen-bond acceptors (Lipinski definition) is 5. The summed E-state index contributed by atoms with van der Waals surface area (Å²) in [4.78, 5) is 16.2. The third kappa shape index (κ3) is 7.59. The summed E-state index contributed by atoms with van der Waals surface area (Å²) in [6, 6.07) is 49.5. The van der Waals surface area contributed by atoms with Crippen molar-refractivity contribution in [3.8, 4) is 6.07 Å². The number of carboxylic acid groups (broad SMARTS) is 1. The van der Waals surface area contributed by atoms with Crippen LogP contribution in [-0.4, -0.2) is 11.1 Å². The molecule has 246 valence electrons. The lowest BCUT2D eigenvalue weighted by Crippen LogP contribution is -2.15. The second-order valence-electron chi connectivity index (χ2n) is 12.8. The van der Waals surface area contributed by atoms with Gasteiger partial charge in [-0.15, -0.1) is 0 Å². The summed E-state index contributed by atoms with van der Waals surface area (Å²) < 4.78 is 6.12. The highest BCUT2D eigenvalue weighted by molar-refractivity contribution is 5.93. The quantitative estimate of drug-likeness (QED) is 0.126. The number of allylic oxidation sites excluding steroid dienone is 5. The van der Waals surface area contributed by atoms with Crippen LogP contribution in [0.4, 0.5) is 34.1 Å². The van der Waals surface area contributed by atoms with E-state index in [1.807, 2.05) is 99.6 Å². The van der Waals surface area contributed by atoms with Gasteiger partial charge in [0.2, 0.25) is 0 Å². The number of benzene rings is 5. The maximum Gasteiger partial charge on any atom is 0.347 e. The number of anilines is 6. The summed E-state index contributed by atoms with van der Waals surface area (Å²) in [7, 11) is 0. The zero-order valence-electron chi connectivity index (χ0n) is 28.2. The van der Waals surface area contributed by atoms with Crippen LogP contribution in [-0.2, 0) is 9.53 Å². The highest BCUT2D eigenvalue weighted by Gasteiger charge is 2.25. The molecular formula is C44H37N3O3. The van der Waals surface area contributed by atoms with Gasteiger partial charge in [-0.2, -0.15) is 5.26 Å². The van der Waals surface area contributed by atoms with Gasteiger partial charge in [0.1, 0.15) is 23.2 Å². The number of rotatable bonds is 9. The molecule has 6 heteroatoms. The molecule has 1 heterocycles. The number of carboxylic acids is 1. The third-order valence-electron chi connectivity index (χ3n) is 8.17. The first-order valence-corrected chi connectivity index (χ1v) is 16.3. The molecule has 0 bridgehead atoms. The van der Waals surface area contributed by atoms with Gasteiger partial charge in [0, 0.05) is 45.1 Å². The Labute approximate surface area is 293 Å². The molecule has 1 aliphatic rings. The molecule has 1 N–H and O–H groups in total. The van der Waals surface area contributed by atoms with Gasteiger partial charge in [-0.25, -0.2) is 4.79 Å². The first kappa shape index (κ1) is 33.3. The Bertz CT molecular complexity index is 2080. The average Bonchev–Trinajstić information content (AvgIpc) is 3.13. The molecule has 0 spiro atoms. The van der Waals surface area contributed by atoms with E-state index >= 15 is 0 Å². The summed E-state index contributed by atoms with van der Waals surface area (Å²) in [6.45, 7) is 5.93. The second-order valence-corrected chi connectivity index (χ2v) is 12.8. The predicted molar refractivity (Wildman–Crippen MR) is 202 cm³/mol. The lowest BCUT2D eigenvalue weighted by Gasteiger charge is -2.28. The van der Waals surface area contributed by atoms with Gasteiger partial charge in [-0.3, -0.25) is 0 Å². The van der Waals surface area contributed by atoms with Crippen molar-refractivity contribution in [2.75, 3.05) is 9.80 Å². The van der Waals surface area contributed by atoms with Crippen molar-refractivity contribution < 1.29 is 14.6 Å². The van der Waals surface area contributed by atoms with E-state index in [-0.39, 0.29) is 11.0 Å². The molecule has 0 aliphatic carbocycles. The zero-order valence-corrected chi connectivity index (χ0v) is 28.2. The van der Waals surface area contributed by atoms with Gasteiger partial charge >= 0.3 is 5.97 Å². The van der Waals surface area contributed by atoms with E-state index in [2.05, 4.69) is 82.6 Å². The lowest BCUT2D eigenvalue weighted by molar-refractivity contribution is -0.132. The summed E-state index contributed by atoms with van der Waals surface area (Å²) >= 11 is 0. The molecule has 0 atom stereocenters. The Morgan fingerprint density at radius 1 is 0.620 bits per heavy atom. The van der Waals surface area contributed by atoms with E-state index in [1.165, 1.54) is 0 Å². The number of nitriles is 1. The molecule has 5 aromatic rings. The molecule has 0 amide bonds. The minimum atomic E-state index is -1.27. The smallest absolute Gasteiger partial charge is 0.347 e. The van der Waals surface area contributed by atoms with E-state index in [9.17, 15) is 15.2 Å². The van der Waals surface area contributed by atoms with Gasteiger partial charge in [-0.1, -0.05) is 93.6 Å². The van der Waals surface area contributed by atoms with E-state index < -0.39 is 5.97 Å². The van der Waals surface area contributed by atoms with Crippen LogP contribution in [0.5, 0.6) is 0 Å². The van der Waals surface area contributed by atoms with Gasteiger partial charge < -0.3 is 19.6 Å². The minimum absolute atomic E-state index is 0.311. The summed E-state index contributed by atoms with van der Waals surface area (Å²) in [5.74, 6) is -0.234. The number of nitrogens with zero attached hydrogens (tertiary/aromatic N) is 3. The monoisotopic (exact) mass is 655 g/mol. The Balaban J connectivity index is 1.30. The fraction of sp³-hybridized carbons (Fsp3) is 0.0909. The summed E-state index contributed by atoms with van der Waals surface area (Å²) in [5, 5.41) is 19.1. The van der Waals surface area contributed by atoms with Crippen LogP contribution in [0.2, 0.25) is 0 Å². The molecule has 5 aromatic carbocycles. The standard InChI is InChI=1S/C44H37N3O3/c1-44(2,3)42-30-33(41(31-45)43(48)49)29-40(50-42)28-21-32-19-22-37(23-20-32)47(36-17-11-6-12-18-36)39-26-24-38(25-27-39)46(34-13-7-4-8-14-34)35-15-9-5-10-16-35/h4-30H,1-3H3,(H,48,49). The predicted octanol–water partition coefficient (Wildman–Crippen LogP) is 11.4. The van der Waals surface area contributed by atoms with Crippen LogP contribution >= 0.6 is 0 Å². The largest absolute Gasteiger partial charge is 0.477 e. The molecule has 0 radical (unpaired) electrons. The maximum atomic E-state index is 11.7. The van der Waals surface area contributed by atoms with Gasteiger partial charge in [-0.05, 0) is 96.6 Å². The van der Waals surface area contributed by atoms with Gasteiger partial charge in [0.25, 0.3) is 0 Å². The minimum Gasteiger partial charge on any atom is -0.477 e. The molecule has 50 heavy (non-hydrogen) atoms. The van der Waals surface area contributed by atoms with E-state index in [0.717, 1.165) is 39.7 Å².